The molecule has 0 aliphatic carbocycles. The zero-order chi connectivity index (χ0) is 49.3. The van der Waals surface area contributed by atoms with Crippen LogP contribution in [0.4, 0.5) is 0 Å². The molecule has 0 aromatic carbocycles. The van der Waals surface area contributed by atoms with Crippen LogP contribution in [0.1, 0.15) is 335 Å². The van der Waals surface area contributed by atoms with Gasteiger partial charge >= 0.3 is 17.9 Å². The Bertz CT molecular complexity index is 1100. The summed E-state index contributed by atoms with van der Waals surface area (Å²) in [4.78, 5) is 37.7. The summed E-state index contributed by atoms with van der Waals surface area (Å²) in [6, 6.07) is 0. The summed E-state index contributed by atoms with van der Waals surface area (Å²) in [5.41, 5.74) is 0. The van der Waals surface area contributed by atoms with Gasteiger partial charge in [-0.2, -0.15) is 0 Å². The molecule has 0 saturated carbocycles. The van der Waals surface area contributed by atoms with Gasteiger partial charge in [-0.05, 0) is 51.4 Å². The number of unbranched alkanes of at least 4 members (excludes halogenated alkanes) is 41. The molecule has 0 aromatic heterocycles. The Kier molecular flexibility index (Phi) is 55.7. The second-order valence-corrected chi connectivity index (χ2v) is 20.6. The lowest BCUT2D eigenvalue weighted by Gasteiger charge is -2.18. The van der Waals surface area contributed by atoms with Gasteiger partial charge in [0.1, 0.15) is 13.2 Å². The molecule has 1 unspecified atom stereocenters. The van der Waals surface area contributed by atoms with Crippen LogP contribution in [0.5, 0.6) is 0 Å². The van der Waals surface area contributed by atoms with Crippen LogP contribution in [0.2, 0.25) is 0 Å². The number of hydrogen-bond donors (Lipinski definition) is 0. The molecule has 0 aliphatic heterocycles. The fourth-order valence-electron chi connectivity index (χ4n) is 9.12. The monoisotopic (exact) mass is 957 g/mol. The lowest BCUT2D eigenvalue weighted by atomic mass is 10.0. The molecule has 0 spiro atoms. The molecule has 68 heavy (non-hydrogen) atoms. The van der Waals surface area contributed by atoms with E-state index in [1.807, 2.05) is 0 Å². The van der Waals surface area contributed by atoms with Gasteiger partial charge in [0.05, 0.1) is 0 Å². The molecule has 6 nitrogen and oxygen atoms in total. The normalized spacial score (nSPS) is 12.1. The van der Waals surface area contributed by atoms with E-state index in [1.54, 1.807) is 0 Å². The highest BCUT2D eigenvalue weighted by atomic mass is 16.6. The van der Waals surface area contributed by atoms with Crippen molar-refractivity contribution in [2.24, 2.45) is 0 Å². The summed E-state index contributed by atoms with van der Waals surface area (Å²) < 4.78 is 16.7. The number of esters is 3. The van der Waals surface area contributed by atoms with E-state index >= 15 is 0 Å². The van der Waals surface area contributed by atoms with Crippen molar-refractivity contribution in [3.8, 4) is 0 Å². The summed E-state index contributed by atoms with van der Waals surface area (Å²) in [5, 5.41) is 0. The number of hydrogen-bond acceptors (Lipinski definition) is 6. The Morgan fingerprint density at radius 3 is 0.809 bits per heavy atom. The van der Waals surface area contributed by atoms with Crippen LogP contribution >= 0.6 is 0 Å². The molecule has 400 valence electrons. The molecule has 0 N–H and O–H groups in total. The van der Waals surface area contributed by atoms with Crippen molar-refractivity contribution in [2.45, 2.75) is 341 Å². The van der Waals surface area contributed by atoms with Crippen LogP contribution < -0.4 is 0 Å². The van der Waals surface area contributed by atoms with E-state index in [-0.39, 0.29) is 31.1 Å². The van der Waals surface area contributed by atoms with Crippen molar-refractivity contribution in [1.82, 2.24) is 0 Å². The predicted octanol–water partition coefficient (Wildman–Crippen LogP) is 20.3. The SMILES string of the molecule is CCCCCCC/C=C\C/C=C\CCCCCCCCCCCCCCCCCCCCCCCC(=O)OCC(COC(=O)CCCCCCC)OC(=O)CCCCCCCCCCCCCC. The van der Waals surface area contributed by atoms with E-state index < -0.39 is 6.10 Å². The van der Waals surface area contributed by atoms with Crippen molar-refractivity contribution in [3.05, 3.63) is 24.3 Å². The van der Waals surface area contributed by atoms with Gasteiger partial charge in [-0.15, -0.1) is 0 Å². The molecular weight excluding hydrogens is 841 g/mol. The van der Waals surface area contributed by atoms with Gasteiger partial charge in [-0.25, -0.2) is 0 Å². The second kappa shape index (κ2) is 57.5. The van der Waals surface area contributed by atoms with E-state index in [4.69, 9.17) is 14.2 Å². The fourth-order valence-corrected chi connectivity index (χ4v) is 9.12. The van der Waals surface area contributed by atoms with Gasteiger partial charge in [0.25, 0.3) is 0 Å². The zero-order valence-electron chi connectivity index (χ0n) is 45.9. The van der Waals surface area contributed by atoms with Crippen molar-refractivity contribution < 1.29 is 28.6 Å². The molecule has 0 fully saturated rings. The van der Waals surface area contributed by atoms with Gasteiger partial charge in [0, 0.05) is 19.3 Å². The molecule has 6 heteroatoms. The third-order valence-corrected chi connectivity index (χ3v) is 13.7. The second-order valence-electron chi connectivity index (χ2n) is 20.6. The topological polar surface area (TPSA) is 78.9 Å². The summed E-state index contributed by atoms with van der Waals surface area (Å²) in [6.45, 7) is 6.58. The standard InChI is InChI=1S/C62H116O6/c1-4-7-10-13-15-17-19-21-22-23-24-25-26-27-28-29-30-31-32-33-34-35-36-37-38-39-40-41-43-44-46-49-52-55-61(64)67-58-59(57-66-60(63)54-51-48-12-9-6-3)68-62(65)56-53-50-47-45-42-20-18-16-14-11-8-5-2/h19,21,23-24,59H,4-18,20,22,25-58H2,1-3H3/b21-19-,24-23-. The van der Waals surface area contributed by atoms with Crippen molar-refractivity contribution in [2.75, 3.05) is 13.2 Å². The molecule has 0 heterocycles. The molecule has 0 aliphatic rings. The van der Waals surface area contributed by atoms with Gasteiger partial charge in [0.15, 0.2) is 6.10 Å². The summed E-state index contributed by atoms with van der Waals surface area (Å²) in [6.07, 6.45) is 68.2. The van der Waals surface area contributed by atoms with E-state index in [0.29, 0.717) is 19.3 Å². The number of carbonyl (C=O) groups is 3. The zero-order valence-corrected chi connectivity index (χ0v) is 45.9. The summed E-state index contributed by atoms with van der Waals surface area (Å²) in [7, 11) is 0. The number of carbonyl (C=O) groups excluding carboxylic acids is 3. The maximum Gasteiger partial charge on any atom is 0.306 e. The Labute approximate surface area is 423 Å². The summed E-state index contributed by atoms with van der Waals surface area (Å²) in [5.74, 6) is -0.862. The number of allylic oxidation sites excluding steroid dienone is 4. The number of ether oxygens (including phenoxy) is 3. The Balaban J connectivity index is 3.83. The van der Waals surface area contributed by atoms with Crippen molar-refractivity contribution in [3.63, 3.8) is 0 Å². The third-order valence-electron chi connectivity index (χ3n) is 13.7. The lowest BCUT2D eigenvalue weighted by Crippen LogP contribution is -2.30. The van der Waals surface area contributed by atoms with Crippen LogP contribution in [0, 0.1) is 0 Å². The largest absolute Gasteiger partial charge is 0.462 e. The molecule has 0 rings (SSSR count). The minimum Gasteiger partial charge on any atom is -0.462 e. The van der Waals surface area contributed by atoms with Crippen LogP contribution in [0.15, 0.2) is 24.3 Å². The highest BCUT2D eigenvalue weighted by molar-refractivity contribution is 5.71. The predicted molar refractivity (Wildman–Crippen MR) is 293 cm³/mol. The minimum atomic E-state index is -0.761. The van der Waals surface area contributed by atoms with Crippen LogP contribution in [0.3, 0.4) is 0 Å². The van der Waals surface area contributed by atoms with Crippen LogP contribution in [0.25, 0.3) is 0 Å². The Morgan fingerprint density at radius 1 is 0.294 bits per heavy atom. The minimum absolute atomic E-state index is 0.0654. The highest BCUT2D eigenvalue weighted by Crippen LogP contribution is 2.17. The van der Waals surface area contributed by atoms with Crippen molar-refractivity contribution >= 4 is 17.9 Å². The fraction of sp³-hybridized carbons (Fsp3) is 0.887. The molecule has 0 amide bonds. The average Bonchev–Trinajstić information content (AvgIpc) is 3.34. The molecule has 0 aromatic rings. The average molecular weight is 958 g/mol. The summed E-state index contributed by atoms with van der Waals surface area (Å²) >= 11 is 0. The third kappa shape index (κ3) is 54.8. The van der Waals surface area contributed by atoms with E-state index in [2.05, 4.69) is 45.1 Å². The lowest BCUT2D eigenvalue weighted by molar-refractivity contribution is -0.167. The van der Waals surface area contributed by atoms with E-state index in [1.165, 1.54) is 225 Å². The molecular formula is C62H116O6. The quantitative estimate of drug-likeness (QED) is 0.0262. The van der Waals surface area contributed by atoms with Crippen LogP contribution in [-0.4, -0.2) is 37.2 Å². The first kappa shape index (κ1) is 65.9. The molecule has 1 atom stereocenters. The Morgan fingerprint density at radius 2 is 0.529 bits per heavy atom. The molecule has 0 saturated heterocycles. The molecule has 0 bridgehead atoms. The maximum atomic E-state index is 12.7. The van der Waals surface area contributed by atoms with E-state index in [9.17, 15) is 14.4 Å². The highest BCUT2D eigenvalue weighted by Gasteiger charge is 2.19. The van der Waals surface area contributed by atoms with Gasteiger partial charge in [-0.1, -0.05) is 289 Å². The first-order valence-electron chi connectivity index (χ1n) is 30.3. The van der Waals surface area contributed by atoms with Crippen LogP contribution in [-0.2, 0) is 28.6 Å². The van der Waals surface area contributed by atoms with Gasteiger partial charge in [-0.3, -0.25) is 14.4 Å². The molecule has 0 radical (unpaired) electrons. The van der Waals surface area contributed by atoms with Gasteiger partial charge < -0.3 is 14.2 Å². The Hall–Kier alpha value is -2.11. The first-order chi connectivity index (χ1) is 33.5. The van der Waals surface area contributed by atoms with E-state index in [0.717, 1.165) is 70.6 Å². The first-order valence-corrected chi connectivity index (χ1v) is 30.3. The number of rotatable bonds is 56. The smallest absolute Gasteiger partial charge is 0.306 e. The maximum absolute atomic E-state index is 12.7. The van der Waals surface area contributed by atoms with Gasteiger partial charge in [0.2, 0.25) is 0 Å². The van der Waals surface area contributed by atoms with Crippen molar-refractivity contribution in [1.29, 1.82) is 0 Å².